The fourth-order valence-corrected chi connectivity index (χ4v) is 8.57. The SMILES string of the molecule is CCC(C)C1NC(=O)C(Cc2ccccc2)NC(=O)C2CCCN2C(=O)CNC(=O)C(CCC(N)=O)NC(=O)C(O)C(CCCCCc2ccccc2)NC(=O)C2CCCN2C1=O. The molecule has 0 saturated carbocycles. The molecule has 2 aromatic rings. The standard InChI is InChI=1S/C46H64N8O9/c1-3-29(2)39-46(63)54-26-14-22-36(54)44(61)49-32(20-12-6-9-17-30-15-7-4-8-16-30)40(57)45(62)50-33(23-24-37(47)55)41(58)48-28-38(56)53-25-13-21-35(53)43(60)51-34(42(59)52-39)27-31-18-10-5-11-19-31/h4-5,7-8,10-11,15-16,18-19,29,32-36,39-40,57H,3,6,9,12-14,17,20-28H2,1-2H3,(H2,47,55)(H,48,58)(H,49,61)(H,50,62)(H,51,60)(H,52,59). The number of hydrogen-bond acceptors (Lipinski definition) is 9. The predicted octanol–water partition coefficient (Wildman–Crippen LogP) is 0.756. The van der Waals surface area contributed by atoms with Gasteiger partial charge in [0.2, 0.25) is 41.4 Å². The van der Waals surface area contributed by atoms with E-state index < -0.39 is 96.2 Å². The van der Waals surface area contributed by atoms with Gasteiger partial charge in [0.1, 0.15) is 30.2 Å². The van der Waals surface area contributed by atoms with E-state index in [9.17, 15) is 43.5 Å². The van der Waals surface area contributed by atoms with E-state index in [2.05, 4.69) is 26.6 Å². The summed E-state index contributed by atoms with van der Waals surface area (Å²) in [5.74, 6) is -5.80. The van der Waals surface area contributed by atoms with Crippen LogP contribution in [-0.2, 0) is 51.2 Å². The number of unbranched alkanes of at least 4 members (excludes halogenated alkanes) is 2. The van der Waals surface area contributed by atoms with Crippen LogP contribution in [0.2, 0.25) is 0 Å². The molecule has 2 aromatic carbocycles. The zero-order chi connectivity index (χ0) is 45.5. The first-order valence-corrected chi connectivity index (χ1v) is 22.4. The fourth-order valence-electron chi connectivity index (χ4n) is 8.57. The van der Waals surface area contributed by atoms with Crippen molar-refractivity contribution in [2.75, 3.05) is 19.6 Å². The number of amides is 8. The Bertz CT molecular complexity index is 1920. The van der Waals surface area contributed by atoms with Gasteiger partial charge in [-0.1, -0.05) is 93.8 Å². The topological polar surface area (TPSA) is 249 Å². The van der Waals surface area contributed by atoms with Crippen molar-refractivity contribution in [2.24, 2.45) is 11.7 Å². The van der Waals surface area contributed by atoms with Crippen molar-refractivity contribution in [3.63, 3.8) is 0 Å². The number of aliphatic hydroxyl groups excluding tert-OH is 1. The van der Waals surface area contributed by atoms with Gasteiger partial charge in [-0.15, -0.1) is 0 Å². The van der Waals surface area contributed by atoms with Gasteiger partial charge in [0.25, 0.3) is 5.91 Å². The van der Waals surface area contributed by atoms with Crippen molar-refractivity contribution in [3.8, 4) is 0 Å². The zero-order valence-corrected chi connectivity index (χ0v) is 36.4. The molecule has 8 amide bonds. The third kappa shape index (κ3) is 13.6. The first kappa shape index (κ1) is 48.2. The molecule has 342 valence electrons. The third-order valence-electron chi connectivity index (χ3n) is 12.4. The predicted molar refractivity (Wildman–Crippen MR) is 233 cm³/mol. The number of primary amides is 1. The van der Waals surface area contributed by atoms with Crippen LogP contribution in [0.25, 0.3) is 0 Å². The van der Waals surface area contributed by atoms with Gasteiger partial charge in [-0.25, -0.2) is 0 Å². The Hall–Kier alpha value is -5.84. The number of aliphatic hydroxyl groups is 1. The van der Waals surface area contributed by atoms with Crippen molar-refractivity contribution in [1.29, 1.82) is 0 Å². The lowest BCUT2D eigenvalue weighted by Crippen LogP contribution is -2.61. The van der Waals surface area contributed by atoms with Crippen LogP contribution in [0, 0.1) is 5.92 Å². The summed E-state index contributed by atoms with van der Waals surface area (Å²) in [6.07, 6.45) is 2.75. The van der Waals surface area contributed by atoms with Crippen molar-refractivity contribution in [2.45, 2.75) is 140 Å². The average Bonchev–Trinajstić information content (AvgIpc) is 3.99. The van der Waals surface area contributed by atoms with Crippen LogP contribution in [-0.4, -0.2) is 124 Å². The second kappa shape index (κ2) is 23.6. The molecule has 8 N–H and O–H groups in total. The number of hydrogen-bond donors (Lipinski definition) is 7. The maximum Gasteiger partial charge on any atom is 0.251 e. The monoisotopic (exact) mass is 872 g/mol. The highest BCUT2D eigenvalue weighted by atomic mass is 16.3. The Morgan fingerprint density at radius 2 is 1.32 bits per heavy atom. The van der Waals surface area contributed by atoms with E-state index in [0.717, 1.165) is 24.0 Å². The van der Waals surface area contributed by atoms with Crippen molar-refractivity contribution in [3.05, 3.63) is 71.8 Å². The molecular weight excluding hydrogens is 809 g/mol. The van der Waals surface area contributed by atoms with E-state index in [1.165, 1.54) is 9.80 Å². The first-order valence-electron chi connectivity index (χ1n) is 22.4. The molecular formula is C46H64N8O9. The Morgan fingerprint density at radius 1 is 0.714 bits per heavy atom. The highest BCUT2D eigenvalue weighted by molar-refractivity contribution is 5.97. The lowest BCUT2D eigenvalue weighted by atomic mass is 9.96. The van der Waals surface area contributed by atoms with Crippen molar-refractivity contribution in [1.82, 2.24) is 36.4 Å². The first-order chi connectivity index (χ1) is 30.3. The summed E-state index contributed by atoms with van der Waals surface area (Å²) >= 11 is 0. The van der Waals surface area contributed by atoms with Crippen LogP contribution >= 0.6 is 0 Å². The summed E-state index contributed by atoms with van der Waals surface area (Å²) in [6.45, 7) is 3.58. The minimum absolute atomic E-state index is 0.0830. The van der Waals surface area contributed by atoms with Gasteiger partial charge in [0.05, 0.1) is 12.6 Å². The Balaban J connectivity index is 1.46. The van der Waals surface area contributed by atoms with Crippen molar-refractivity contribution >= 4 is 47.3 Å². The third-order valence-corrected chi connectivity index (χ3v) is 12.4. The van der Waals surface area contributed by atoms with E-state index in [0.29, 0.717) is 44.9 Å². The lowest BCUT2D eigenvalue weighted by molar-refractivity contribution is -0.144. The van der Waals surface area contributed by atoms with Gasteiger partial charge in [-0.3, -0.25) is 38.4 Å². The number of nitrogens with two attached hydrogens (primary N) is 1. The molecule has 3 heterocycles. The summed E-state index contributed by atoms with van der Waals surface area (Å²) in [6, 6.07) is 12.3. The normalized spacial score (nSPS) is 26.2. The van der Waals surface area contributed by atoms with Gasteiger partial charge in [0.15, 0.2) is 6.10 Å². The van der Waals surface area contributed by atoms with E-state index in [1.54, 1.807) is 12.1 Å². The second-order valence-corrected chi connectivity index (χ2v) is 17.0. The molecule has 63 heavy (non-hydrogen) atoms. The molecule has 0 radical (unpaired) electrons. The second-order valence-electron chi connectivity index (χ2n) is 17.0. The van der Waals surface area contributed by atoms with Gasteiger partial charge >= 0.3 is 0 Å². The summed E-state index contributed by atoms with van der Waals surface area (Å²) < 4.78 is 0. The van der Waals surface area contributed by atoms with Gasteiger partial charge in [0, 0.05) is 25.9 Å². The molecule has 17 heteroatoms. The molecule has 8 atom stereocenters. The van der Waals surface area contributed by atoms with E-state index in [4.69, 9.17) is 5.73 Å². The van der Waals surface area contributed by atoms with Crippen LogP contribution in [0.5, 0.6) is 0 Å². The number of rotatable bonds is 13. The van der Waals surface area contributed by atoms with Crippen LogP contribution in [0.3, 0.4) is 0 Å². The molecule has 3 aliphatic rings. The largest absolute Gasteiger partial charge is 0.381 e. The quantitative estimate of drug-likeness (QED) is 0.140. The molecule has 5 rings (SSSR count). The molecule has 17 nitrogen and oxygen atoms in total. The van der Waals surface area contributed by atoms with Gasteiger partial charge < -0.3 is 47.2 Å². The highest BCUT2D eigenvalue weighted by Gasteiger charge is 2.42. The zero-order valence-electron chi connectivity index (χ0n) is 36.4. The van der Waals surface area contributed by atoms with Crippen LogP contribution in [0.1, 0.15) is 95.6 Å². The molecule has 0 bridgehead atoms. The maximum atomic E-state index is 14.5. The minimum atomic E-state index is -1.85. The molecule has 0 aliphatic carbocycles. The van der Waals surface area contributed by atoms with E-state index in [1.807, 2.05) is 62.4 Å². The number of nitrogens with one attached hydrogen (secondary N) is 5. The van der Waals surface area contributed by atoms with E-state index in [-0.39, 0.29) is 44.7 Å². The average molecular weight is 873 g/mol. The molecule has 8 unspecified atom stereocenters. The number of fused-ring (bicyclic) bond motifs is 2. The number of aryl methyl sites for hydroxylation is 1. The number of carbonyl (C=O) groups is 8. The van der Waals surface area contributed by atoms with Crippen LogP contribution < -0.4 is 32.3 Å². The molecule has 3 aliphatic heterocycles. The summed E-state index contributed by atoms with van der Waals surface area (Å²) in [5, 5.41) is 25.2. The highest BCUT2D eigenvalue weighted by Crippen LogP contribution is 2.24. The molecule has 3 fully saturated rings. The summed E-state index contributed by atoms with van der Waals surface area (Å²) in [7, 11) is 0. The Morgan fingerprint density at radius 3 is 1.97 bits per heavy atom. The van der Waals surface area contributed by atoms with E-state index >= 15 is 0 Å². The number of carbonyl (C=O) groups excluding carboxylic acids is 8. The summed E-state index contributed by atoms with van der Waals surface area (Å²) in [4.78, 5) is 113. The van der Waals surface area contributed by atoms with Gasteiger partial charge in [-0.2, -0.15) is 0 Å². The van der Waals surface area contributed by atoms with Crippen LogP contribution in [0.15, 0.2) is 60.7 Å². The fraction of sp³-hybridized carbons (Fsp3) is 0.565. The van der Waals surface area contributed by atoms with Crippen LogP contribution in [0.4, 0.5) is 0 Å². The lowest BCUT2D eigenvalue weighted by Gasteiger charge is -2.34. The maximum absolute atomic E-state index is 14.5. The number of nitrogens with zero attached hydrogens (tertiary/aromatic N) is 2. The smallest absolute Gasteiger partial charge is 0.251 e. The van der Waals surface area contributed by atoms with Gasteiger partial charge in [-0.05, 0) is 68.4 Å². The number of benzene rings is 2. The molecule has 3 saturated heterocycles. The summed E-state index contributed by atoms with van der Waals surface area (Å²) in [5.41, 5.74) is 7.30. The minimum Gasteiger partial charge on any atom is -0.381 e. The Kier molecular flexibility index (Phi) is 18.0. The van der Waals surface area contributed by atoms with Crippen molar-refractivity contribution < 1.29 is 43.5 Å². The molecule has 0 spiro atoms. The molecule has 0 aromatic heterocycles. The Labute approximate surface area is 369 Å².